The average molecular weight is 322 g/mol. The molecule has 0 aliphatic carbocycles. The fraction of sp³-hybridized carbons (Fsp3) is 0.214. The second kappa shape index (κ2) is 5.48. The number of hydrogen-bond acceptors (Lipinski definition) is 2. The summed E-state index contributed by atoms with van der Waals surface area (Å²) in [6.07, 6.45) is 1.78. The van der Waals surface area contributed by atoms with Gasteiger partial charge in [-0.05, 0) is 48.0 Å². The third-order valence-corrected chi connectivity index (χ3v) is 3.47. The average Bonchev–Trinajstić information content (AvgIpc) is 2.74. The van der Waals surface area contributed by atoms with Crippen molar-refractivity contribution in [1.29, 1.82) is 0 Å². The van der Waals surface area contributed by atoms with Gasteiger partial charge in [-0.3, -0.25) is 4.79 Å². The van der Waals surface area contributed by atoms with Gasteiger partial charge in [-0.25, -0.2) is 0 Å². The first-order valence-corrected chi connectivity index (χ1v) is 6.81. The minimum atomic E-state index is -0.169. The van der Waals surface area contributed by atoms with Gasteiger partial charge in [0.2, 0.25) is 0 Å². The van der Waals surface area contributed by atoms with Crippen molar-refractivity contribution in [2.45, 2.75) is 19.9 Å². The molecule has 4 nitrogen and oxygen atoms in total. The van der Waals surface area contributed by atoms with E-state index in [-0.39, 0.29) is 11.9 Å². The van der Waals surface area contributed by atoms with Crippen molar-refractivity contribution >= 4 is 33.2 Å². The van der Waals surface area contributed by atoms with E-state index in [0.29, 0.717) is 11.4 Å². The third kappa shape index (κ3) is 2.98. The lowest BCUT2D eigenvalue weighted by molar-refractivity contribution is 0.101. The molecule has 19 heavy (non-hydrogen) atoms. The van der Waals surface area contributed by atoms with E-state index in [2.05, 4.69) is 21.2 Å². The number of amides is 1. The number of carbonyl (C=O) groups is 1. The number of rotatable bonds is 3. The number of para-hydroxylation sites is 1. The van der Waals surface area contributed by atoms with Gasteiger partial charge in [-0.15, -0.1) is 0 Å². The normalized spacial score (nSPS) is 10.7. The molecular weight excluding hydrogens is 306 g/mol. The summed E-state index contributed by atoms with van der Waals surface area (Å²) in [4.78, 5) is 12.3. The maximum absolute atomic E-state index is 12.3. The Kier molecular flexibility index (Phi) is 3.95. The van der Waals surface area contributed by atoms with Crippen LogP contribution >= 0.6 is 15.9 Å². The molecule has 0 saturated heterocycles. The van der Waals surface area contributed by atoms with Gasteiger partial charge >= 0.3 is 0 Å². The fourth-order valence-electron chi connectivity index (χ4n) is 1.86. The first kappa shape index (κ1) is 13.7. The van der Waals surface area contributed by atoms with Crippen molar-refractivity contribution < 1.29 is 4.79 Å². The zero-order chi connectivity index (χ0) is 14.0. The van der Waals surface area contributed by atoms with E-state index in [1.165, 1.54) is 0 Å². The Morgan fingerprint density at radius 1 is 1.37 bits per heavy atom. The van der Waals surface area contributed by atoms with E-state index in [4.69, 9.17) is 5.73 Å². The number of halogens is 1. The van der Waals surface area contributed by atoms with Gasteiger partial charge < -0.3 is 15.6 Å². The van der Waals surface area contributed by atoms with Crippen LogP contribution in [0.5, 0.6) is 0 Å². The van der Waals surface area contributed by atoms with Crippen molar-refractivity contribution in [2.24, 2.45) is 0 Å². The van der Waals surface area contributed by atoms with E-state index in [1.54, 1.807) is 12.3 Å². The molecule has 0 unspecified atom stereocenters. The minimum Gasteiger partial charge on any atom is -0.397 e. The number of nitrogens with two attached hydrogens (primary N) is 1. The highest BCUT2D eigenvalue weighted by Gasteiger charge is 2.15. The van der Waals surface area contributed by atoms with Crippen LogP contribution in [0.2, 0.25) is 0 Å². The largest absolute Gasteiger partial charge is 0.397 e. The molecule has 100 valence electrons. The van der Waals surface area contributed by atoms with Crippen LogP contribution in [0.1, 0.15) is 30.4 Å². The van der Waals surface area contributed by atoms with Crippen LogP contribution in [-0.4, -0.2) is 10.5 Å². The Hall–Kier alpha value is -1.75. The summed E-state index contributed by atoms with van der Waals surface area (Å²) in [6.45, 7) is 4.02. The molecule has 0 atom stereocenters. The predicted octanol–water partition coefficient (Wildman–Crippen LogP) is 3.67. The number of hydrogen-bond donors (Lipinski definition) is 2. The molecule has 3 N–H and O–H groups in total. The molecular formula is C14H16BrN3O. The smallest absolute Gasteiger partial charge is 0.272 e. The number of nitrogens with one attached hydrogen (secondary N) is 1. The number of carbonyl (C=O) groups excluding carboxylic acids is 1. The maximum atomic E-state index is 12.3. The van der Waals surface area contributed by atoms with Crippen molar-refractivity contribution in [2.75, 3.05) is 11.1 Å². The predicted molar refractivity (Wildman–Crippen MR) is 81.3 cm³/mol. The lowest BCUT2D eigenvalue weighted by Crippen LogP contribution is -2.17. The van der Waals surface area contributed by atoms with Crippen LogP contribution in [0, 0.1) is 0 Å². The van der Waals surface area contributed by atoms with Crippen LogP contribution in [0.15, 0.2) is 41.0 Å². The Morgan fingerprint density at radius 3 is 2.68 bits per heavy atom. The van der Waals surface area contributed by atoms with Crippen molar-refractivity contribution in [3.05, 3.63) is 46.7 Å². The Bertz CT molecular complexity index is 604. The van der Waals surface area contributed by atoms with Crippen LogP contribution in [0.4, 0.5) is 11.4 Å². The zero-order valence-electron chi connectivity index (χ0n) is 10.9. The van der Waals surface area contributed by atoms with Gasteiger partial charge in [-0.1, -0.05) is 12.1 Å². The number of anilines is 2. The second-order valence-corrected chi connectivity index (χ2v) is 5.45. The molecule has 0 saturated carbocycles. The summed E-state index contributed by atoms with van der Waals surface area (Å²) in [5.74, 6) is -0.169. The molecule has 0 radical (unpaired) electrons. The summed E-state index contributed by atoms with van der Waals surface area (Å²) >= 11 is 3.40. The first-order valence-electron chi connectivity index (χ1n) is 6.02. The third-order valence-electron chi connectivity index (χ3n) is 2.78. The van der Waals surface area contributed by atoms with Crippen LogP contribution in [0.3, 0.4) is 0 Å². The van der Waals surface area contributed by atoms with Gasteiger partial charge in [0.15, 0.2) is 0 Å². The molecule has 0 spiro atoms. The summed E-state index contributed by atoms with van der Waals surface area (Å²) in [6, 6.07) is 9.36. The summed E-state index contributed by atoms with van der Waals surface area (Å²) in [5.41, 5.74) is 7.65. The van der Waals surface area contributed by atoms with Crippen molar-refractivity contribution in [1.82, 2.24) is 4.57 Å². The number of aromatic nitrogens is 1. The van der Waals surface area contributed by atoms with E-state index in [0.717, 1.165) is 10.2 Å². The Balaban J connectivity index is 2.28. The molecule has 0 aliphatic rings. The van der Waals surface area contributed by atoms with Crippen LogP contribution in [0.25, 0.3) is 0 Å². The summed E-state index contributed by atoms with van der Waals surface area (Å²) in [5, 5.41) is 2.87. The lowest BCUT2D eigenvalue weighted by Gasteiger charge is -2.13. The summed E-state index contributed by atoms with van der Waals surface area (Å²) in [7, 11) is 0. The van der Waals surface area contributed by atoms with Gasteiger partial charge in [0, 0.05) is 16.7 Å². The fourth-order valence-corrected chi connectivity index (χ4v) is 2.24. The molecule has 0 bridgehead atoms. The SMILES string of the molecule is CC(C)n1cc(N)cc1C(=O)Nc1ccccc1Br. The number of benzene rings is 1. The second-order valence-electron chi connectivity index (χ2n) is 4.59. The van der Waals surface area contributed by atoms with Crippen LogP contribution in [-0.2, 0) is 0 Å². The van der Waals surface area contributed by atoms with Gasteiger partial charge in [-0.2, -0.15) is 0 Å². The summed E-state index contributed by atoms with van der Waals surface area (Å²) < 4.78 is 2.71. The molecule has 1 amide bonds. The molecule has 1 aromatic heterocycles. The van der Waals surface area contributed by atoms with Crippen LogP contribution < -0.4 is 11.1 Å². The molecule has 5 heteroatoms. The topological polar surface area (TPSA) is 60.0 Å². The lowest BCUT2D eigenvalue weighted by atomic mass is 10.3. The standard InChI is InChI=1S/C14H16BrN3O/c1-9(2)18-8-10(16)7-13(18)14(19)17-12-6-4-3-5-11(12)15/h3-9H,16H2,1-2H3,(H,17,19). The first-order chi connectivity index (χ1) is 8.99. The van der Waals surface area contributed by atoms with E-state index >= 15 is 0 Å². The van der Waals surface area contributed by atoms with Gasteiger partial charge in [0.25, 0.3) is 5.91 Å². The number of nitrogen functional groups attached to an aromatic ring is 1. The highest BCUT2D eigenvalue weighted by molar-refractivity contribution is 9.10. The number of nitrogens with zero attached hydrogens (tertiary/aromatic N) is 1. The molecule has 2 aromatic rings. The van der Waals surface area contributed by atoms with Gasteiger partial charge in [0.05, 0.1) is 11.4 Å². The van der Waals surface area contributed by atoms with E-state index < -0.39 is 0 Å². The molecule has 1 aromatic carbocycles. The highest BCUT2D eigenvalue weighted by Crippen LogP contribution is 2.23. The van der Waals surface area contributed by atoms with Gasteiger partial charge in [0.1, 0.15) is 5.69 Å². The highest BCUT2D eigenvalue weighted by atomic mass is 79.9. The zero-order valence-corrected chi connectivity index (χ0v) is 12.4. The monoisotopic (exact) mass is 321 g/mol. The molecule has 0 fully saturated rings. The Morgan fingerprint density at radius 2 is 2.05 bits per heavy atom. The quantitative estimate of drug-likeness (QED) is 0.906. The Labute approximate surface area is 120 Å². The molecule has 1 heterocycles. The van der Waals surface area contributed by atoms with Crippen molar-refractivity contribution in [3.63, 3.8) is 0 Å². The molecule has 2 rings (SSSR count). The van der Waals surface area contributed by atoms with E-state index in [1.807, 2.05) is 42.7 Å². The minimum absolute atomic E-state index is 0.169. The van der Waals surface area contributed by atoms with Crippen molar-refractivity contribution in [3.8, 4) is 0 Å². The molecule has 0 aliphatic heterocycles. The van der Waals surface area contributed by atoms with E-state index in [9.17, 15) is 4.79 Å². The maximum Gasteiger partial charge on any atom is 0.272 e.